The first kappa shape index (κ1) is 68.2. The van der Waals surface area contributed by atoms with Gasteiger partial charge in [-0.25, -0.2) is 0 Å². The molecule has 7 atom stereocenters. The number of para-hydroxylation sites is 1. The average Bonchev–Trinajstić information content (AvgIpc) is 3.80. The minimum atomic E-state index is -4.90. The number of carbonyl (C=O) groups is 10. The first-order valence-corrected chi connectivity index (χ1v) is 29.0. The minimum Gasteiger partial charge on any atom is -0.481 e. The number of aromatic amines is 1. The van der Waals surface area contributed by atoms with Crippen molar-refractivity contribution in [2.75, 3.05) is 24.8 Å². The number of fused-ring (bicyclic) bond motifs is 1. The summed E-state index contributed by atoms with van der Waals surface area (Å²) in [5.74, 6) is -10.8. The van der Waals surface area contributed by atoms with E-state index in [2.05, 4.69) is 71.6 Å². The molecule has 0 bridgehead atoms. The van der Waals surface area contributed by atoms with Gasteiger partial charge >= 0.3 is 22.3 Å². The maximum atomic E-state index is 14.4. The Labute approximate surface area is 484 Å². The monoisotopic (exact) mass is 1220 g/mol. The maximum Gasteiger partial charge on any atom is 0.446 e. The Hall–Kier alpha value is -7.07. The highest BCUT2D eigenvalue weighted by atomic mass is 32.3. The van der Waals surface area contributed by atoms with Crippen molar-refractivity contribution in [3.05, 3.63) is 102 Å². The first-order valence-electron chi connectivity index (χ1n) is 24.1. The lowest BCUT2D eigenvalue weighted by Gasteiger charge is -2.28. The molecular weight excluding hydrogens is 1160 g/mol. The molecule has 0 fully saturated rings. The number of carboxylic acid groups (broad SMARTS) is 2. The van der Waals surface area contributed by atoms with Crippen LogP contribution in [0, 0.1) is 0 Å². The van der Waals surface area contributed by atoms with Gasteiger partial charge in [-0.15, -0.1) is 11.8 Å². The quantitative estimate of drug-likeness (QED) is 0.0160. The standard InChI is InChI=1S/C49H62N10O16S5.H3N/c1-78-17-16-33(45(68)58-37(22-41(63)64)48(71)56-34(42(51)65)18-26-8-4-3-5-9-26)55-47(70)36(20-28-24-52-32-11-7-6-10-30(28)32)54-39(60)25-53-44(67)38(23-49(76,77)79-2)59-46(69)35(57-43(66)31(50)21-40(61)62)19-27-12-14-29(15-13-27)75-80(72,73)74;/h3-15,24,31,33-38,52,76-77H,16-23,25,50H2,1-2H3,(H2,51,65)(H,53,67)(H,54,60)(H,55,70)(H,56,71)(H,57,66)(H,58,68)(H,59,69)(H,61,62)(H,63,64)(H,72,73,74);1H3/t31-,33?,34-,35-,36-,37-,38-;/m0./s1. The number of nitrogens with two attached hydrogens (primary N) is 2. The van der Waals surface area contributed by atoms with Crippen LogP contribution >= 0.6 is 48.8 Å². The zero-order valence-corrected chi connectivity index (χ0v) is 47.9. The van der Waals surface area contributed by atoms with Crippen LogP contribution in [0.3, 0.4) is 0 Å². The van der Waals surface area contributed by atoms with Crippen LogP contribution < -0.4 is 59.0 Å². The van der Waals surface area contributed by atoms with E-state index in [0.29, 0.717) is 22.0 Å². The van der Waals surface area contributed by atoms with E-state index in [1.807, 2.05) is 0 Å². The van der Waals surface area contributed by atoms with E-state index in [1.165, 1.54) is 23.9 Å². The largest absolute Gasteiger partial charge is 0.481 e. The molecule has 0 spiro atoms. The van der Waals surface area contributed by atoms with Crippen molar-refractivity contribution in [1.29, 1.82) is 0 Å². The number of aliphatic carboxylic acids is 2. The predicted molar refractivity (Wildman–Crippen MR) is 308 cm³/mol. The van der Waals surface area contributed by atoms with E-state index in [9.17, 15) is 66.6 Å². The Bertz CT molecular complexity index is 2970. The highest BCUT2D eigenvalue weighted by Crippen LogP contribution is 2.36. The lowest BCUT2D eigenvalue weighted by atomic mass is 10.0. The van der Waals surface area contributed by atoms with Gasteiger partial charge in [0.25, 0.3) is 0 Å². The number of aromatic nitrogens is 1. The summed E-state index contributed by atoms with van der Waals surface area (Å²) in [7, 11) is -4.90. The molecule has 0 saturated heterocycles. The molecular formula is C49H65N11O16S5. The van der Waals surface area contributed by atoms with Gasteiger partial charge in [-0.3, -0.25) is 52.5 Å². The Balaban J connectivity index is 0.0000172. The van der Waals surface area contributed by atoms with E-state index in [1.54, 1.807) is 73.3 Å². The van der Waals surface area contributed by atoms with Crippen LogP contribution in [0.15, 0.2) is 85.1 Å². The molecule has 8 amide bonds. The SMILES string of the molecule is CSCCC(NC(=O)[C@H](Cc1c[nH]c2ccccc12)NC(=O)CNC(=O)[C@H](CC(S)(S)SC)NC(=O)[C@H](Cc1ccc(OS(=O)(=O)O)cc1)NC(=O)[C@@H](N)CC(=O)O)C(=O)N[C@@H](CC(=O)O)C(=O)N[C@@H](Cc1ccccc1)C(N)=O.N. The second kappa shape index (κ2) is 32.4. The molecule has 0 radical (unpaired) electrons. The van der Waals surface area contributed by atoms with Gasteiger partial charge in [0.15, 0.2) is 0 Å². The molecule has 0 aliphatic rings. The summed E-state index contributed by atoms with van der Waals surface area (Å²) >= 11 is 11.3. The summed E-state index contributed by atoms with van der Waals surface area (Å²) in [6.45, 7) is -0.824. The first-order chi connectivity index (χ1) is 37.7. The number of benzene rings is 3. The number of hydrogen-bond acceptors (Lipinski definition) is 19. The normalized spacial score (nSPS) is 13.9. The lowest BCUT2D eigenvalue weighted by molar-refractivity contribution is -0.141. The predicted octanol–water partition coefficient (Wildman–Crippen LogP) is -0.654. The summed E-state index contributed by atoms with van der Waals surface area (Å²) in [5, 5.41) is 36.9. The van der Waals surface area contributed by atoms with Gasteiger partial charge in [0.1, 0.15) is 45.4 Å². The molecule has 27 nitrogen and oxygen atoms in total. The van der Waals surface area contributed by atoms with Crippen molar-refractivity contribution in [2.45, 2.75) is 90.6 Å². The number of carbonyl (C=O) groups excluding carboxylic acids is 8. The number of rotatable bonds is 33. The van der Waals surface area contributed by atoms with Crippen LogP contribution in [-0.2, 0) is 77.6 Å². The van der Waals surface area contributed by atoms with Crippen LogP contribution in [0.25, 0.3) is 10.9 Å². The summed E-state index contributed by atoms with van der Waals surface area (Å²) < 4.78 is 34.6. The van der Waals surface area contributed by atoms with Gasteiger partial charge in [-0.1, -0.05) is 60.7 Å². The third-order valence-electron chi connectivity index (χ3n) is 11.7. The molecule has 442 valence electrons. The summed E-state index contributed by atoms with van der Waals surface area (Å²) in [6.07, 6.45) is 2.18. The fraction of sp³-hybridized carbons (Fsp3) is 0.388. The van der Waals surface area contributed by atoms with Crippen LogP contribution in [0.1, 0.15) is 42.4 Å². The molecule has 4 rings (SSSR count). The number of hydrogen-bond donors (Lipinski definition) is 16. The molecule has 18 N–H and O–H groups in total. The Morgan fingerprint density at radius 2 is 1.17 bits per heavy atom. The summed E-state index contributed by atoms with van der Waals surface area (Å²) in [6, 6.07) is 9.64. The van der Waals surface area contributed by atoms with Gasteiger partial charge in [0.05, 0.1) is 25.4 Å². The summed E-state index contributed by atoms with van der Waals surface area (Å²) in [4.78, 5) is 136. The third kappa shape index (κ3) is 23.5. The van der Waals surface area contributed by atoms with Crippen molar-refractivity contribution in [1.82, 2.24) is 48.4 Å². The maximum absolute atomic E-state index is 14.4. The molecule has 1 unspecified atom stereocenters. The van der Waals surface area contributed by atoms with E-state index in [4.69, 9.17) is 16.0 Å². The number of nitrogens with one attached hydrogen (secondary N) is 8. The van der Waals surface area contributed by atoms with Gasteiger partial charge in [0, 0.05) is 42.8 Å². The molecule has 0 aliphatic carbocycles. The van der Waals surface area contributed by atoms with Crippen molar-refractivity contribution < 1.29 is 75.3 Å². The molecule has 4 aromatic rings. The molecule has 81 heavy (non-hydrogen) atoms. The number of thioether (sulfide) groups is 2. The molecule has 0 saturated carbocycles. The van der Waals surface area contributed by atoms with Crippen molar-refractivity contribution in [2.24, 2.45) is 11.5 Å². The fourth-order valence-corrected chi connectivity index (χ4v) is 9.21. The molecule has 1 aromatic heterocycles. The van der Waals surface area contributed by atoms with Crippen LogP contribution in [0.2, 0.25) is 0 Å². The average molecular weight is 1220 g/mol. The third-order valence-corrected chi connectivity index (χ3v) is 15.1. The van der Waals surface area contributed by atoms with Gasteiger partial charge < -0.3 is 74.2 Å². The Morgan fingerprint density at radius 1 is 0.654 bits per heavy atom. The minimum absolute atomic E-state index is 0. The van der Waals surface area contributed by atoms with E-state index in [0.717, 1.165) is 23.9 Å². The molecule has 1 heterocycles. The van der Waals surface area contributed by atoms with Crippen molar-refractivity contribution >= 4 is 129 Å². The highest BCUT2D eigenvalue weighted by Gasteiger charge is 2.36. The zero-order valence-electron chi connectivity index (χ0n) is 43.6. The fourth-order valence-electron chi connectivity index (χ4n) is 7.68. The molecule has 0 aliphatic heterocycles. The second-order valence-corrected chi connectivity index (χ2v) is 23.5. The van der Waals surface area contributed by atoms with Gasteiger partial charge in [-0.05, 0) is 59.6 Å². The topological polar surface area (TPSA) is 462 Å². The number of primary amides is 1. The highest BCUT2D eigenvalue weighted by molar-refractivity contribution is 8.23. The number of amides is 8. The summed E-state index contributed by atoms with van der Waals surface area (Å²) in [5.41, 5.74) is 13.5. The number of thiol groups is 2. The number of H-pyrrole nitrogens is 1. The van der Waals surface area contributed by atoms with Crippen molar-refractivity contribution in [3.63, 3.8) is 0 Å². The van der Waals surface area contributed by atoms with Crippen LogP contribution in [0.5, 0.6) is 5.75 Å². The van der Waals surface area contributed by atoms with Gasteiger partial charge in [-0.2, -0.15) is 45.4 Å². The molecule has 3 aromatic carbocycles. The molecule has 32 heteroatoms. The van der Waals surface area contributed by atoms with Crippen LogP contribution in [0.4, 0.5) is 0 Å². The Morgan fingerprint density at radius 3 is 1.77 bits per heavy atom. The smallest absolute Gasteiger partial charge is 0.446 e. The van der Waals surface area contributed by atoms with Crippen LogP contribution in [-0.4, -0.2) is 158 Å². The van der Waals surface area contributed by atoms with Gasteiger partial charge in [0.2, 0.25) is 47.3 Å². The Kier molecular flexibility index (Phi) is 27.3. The number of carboxylic acids is 2. The van der Waals surface area contributed by atoms with E-state index in [-0.39, 0.29) is 55.3 Å². The lowest BCUT2D eigenvalue weighted by Crippen LogP contribution is -2.59. The van der Waals surface area contributed by atoms with E-state index < -0.39 is 135 Å². The van der Waals surface area contributed by atoms with E-state index >= 15 is 0 Å². The zero-order chi connectivity index (χ0) is 59.3. The van der Waals surface area contributed by atoms with Crippen molar-refractivity contribution in [3.8, 4) is 5.75 Å². The second-order valence-electron chi connectivity index (χ2n) is 17.9.